The van der Waals surface area contributed by atoms with Crippen LogP contribution in [0.15, 0.2) is 51.7 Å². The first-order valence-corrected chi connectivity index (χ1v) is 7.53. The van der Waals surface area contributed by atoms with E-state index in [-0.39, 0.29) is 0 Å². The first kappa shape index (κ1) is 15.1. The van der Waals surface area contributed by atoms with E-state index in [0.717, 1.165) is 22.2 Å². The van der Waals surface area contributed by atoms with Gasteiger partial charge in [0.1, 0.15) is 0 Å². The predicted octanol–water partition coefficient (Wildman–Crippen LogP) is 2.80. The summed E-state index contributed by atoms with van der Waals surface area (Å²) in [5.41, 5.74) is 4.64. The number of hydrogen-bond donors (Lipinski definition) is 0. The largest absolute Gasteiger partial charge is 0.405 e. The molecule has 0 spiro atoms. The van der Waals surface area contributed by atoms with Crippen molar-refractivity contribution in [3.05, 3.63) is 80.3 Å². The first-order chi connectivity index (χ1) is 11.0. The molecule has 0 fully saturated rings. The van der Waals surface area contributed by atoms with E-state index >= 15 is 0 Å². The van der Waals surface area contributed by atoms with E-state index in [0.29, 0.717) is 10.9 Å². The molecule has 0 bridgehead atoms. The summed E-state index contributed by atoms with van der Waals surface area (Å²) >= 11 is 0. The molecule has 0 aliphatic rings. The average molecular weight is 305 g/mol. The van der Waals surface area contributed by atoms with Gasteiger partial charge in [0.2, 0.25) is 5.71 Å². The van der Waals surface area contributed by atoms with Crippen molar-refractivity contribution in [2.24, 2.45) is 0 Å². The zero-order chi connectivity index (χ0) is 16.6. The van der Waals surface area contributed by atoms with Crippen LogP contribution in [0.4, 0.5) is 0 Å². The fourth-order valence-corrected chi connectivity index (χ4v) is 2.59. The fraction of sp³-hybridized carbons (Fsp3) is 0.150. The number of allylic oxidation sites excluding steroid dienone is 2. The van der Waals surface area contributed by atoms with Gasteiger partial charge in [0, 0.05) is 11.8 Å². The summed E-state index contributed by atoms with van der Waals surface area (Å²) in [4.78, 5) is 11.9. The van der Waals surface area contributed by atoms with Gasteiger partial charge < -0.3 is 4.42 Å². The maximum absolute atomic E-state index is 11.9. The van der Waals surface area contributed by atoms with Crippen LogP contribution in [0.25, 0.3) is 23.9 Å². The molecule has 3 nitrogen and oxygen atoms in total. The molecule has 116 valence electrons. The summed E-state index contributed by atoms with van der Waals surface area (Å²) in [5.74, 6) is 0. The summed E-state index contributed by atoms with van der Waals surface area (Å²) in [7, 11) is 0. The number of aromatic nitrogens is 1. The number of nitrogens with zero attached hydrogens (tertiary/aromatic N) is 1. The van der Waals surface area contributed by atoms with E-state index in [1.54, 1.807) is 6.07 Å². The Hall–Kier alpha value is -2.81. The lowest BCUT2D eigenvalue weighted by Crippen LogP contribution is -2.41. The number of benzene rings is 1. The molecule has 0 N–H and O–H groups in total. The van der Waals surface area contributed by atoms with Gasteiger partial charge in [0.05, 0.1) is 10.6 Å². The fourth-order valence-electron chi connectivity index (χ4n) is 2.59. The van der Waals surface area contributed by atoms with Gasteiger partial charge in [0.15, 0.2) is 0 Å². The summed E-state index contributed by atoms with van der Waals surface area (Å²) in [6.45, 7) is 9.96. The van der Waals surface area contributed by atoms with Crippen molar-refractivity contribution in [1.29, 1.82) is 0 Å². The lowest BCUT2D eigenvalue weighted by atomic mass is 10.1. The highest BCUT2D eigenvalue weighted by Crippen LogP contribution is 2.14. The third-order valence-corrected chi connectivity index (χ3v) is 4.03. The van der Waals surface area contributed by atoms with Crippen LogP contribution in [0, 0.1) is 13.8 Å². The molecular formula is C20H19NO2. The molecule has 1 aromatic carbocycles. The number of hydrogen-bond acceptors (Lipinski definition) is 2. The molecule has 2 aromatic heterocycles. The Kier molecular flexibility index (Phi) is 3.78. The summed E-state index contributed by atoms with van der Waals surface area (Å²) in [5, 5.41) is 1.12. The number of fused-ring (bicyclic) bond motifs is 1. The van der Waals surface area contributed by atoms with Gasteiger partial charge in [-0.05, 0) is 44.1 Å². The van der Waals surface area contributed by atoms with Crippen molar-refractivity contribution in [2.45, 2.75) is 20.8 Å². The van der Waals surface area contributed by atoms with Crippen molar-refractivity contribution in [2.75, 3.05) is 0 Å². The van der Waals surface area contributed by atoms with Crippen LogP contribution in [-0.2, 0) is 0 Å². The van der Waals surface area contributed by atoms with Crippen molar-refractivity contribution in [3.8, 4) is 0 Å². The average Bonchev–Trinajstić information content (AvgIpc) is 2.89. The molecule has 0 saturated heterocycles. The molecule has 23 heavy (non-hydrogen) atoms. The molecular weight excluding hydrogens is 286 g/mol. The van der Waals surface area contributed by atoms with Crippen LogP contribution in [0.5, 0.6) is 0 Å². The van der Waals surface area contributed by atoms with E-state index in [1.807, 2.05) is 29.5 Å². The third-order valence-electron chi connectivity index (χ3n) is 4.03. The van der Waals surface area contributed by atoms with Gasteiger partial charge in [-0.25, -0.2) is 4.79 Å². The van der Waals surface area contributed by atoms with Gasteiger partial charge in [-0.2, -0.15) is 0 Å². The standard InChI is InChI=1S/C20H19NO2/c1-13-5-9-17(10-6-13)14(2)7-11-18-16(4)20(22)23-19-12-8-15(3)21(18)19/h5-12H,4H2,1-3H3. The zero-order valence-corrected chi connectivity index (χ0v) is 13.6. The molecule has 3 heteroatoms. The van der Waals surface area contributed by atoms with E-state index in [2.05, 4.69) is 44.7 Å². The molecule has 2 heterocycles. The second-order valence-corrected chi connectivity index (χ2v) is 5.78. The molecule has 0 radical (unpaired) electrons. The minimum atomic E-state index is -0.400. The maximum atomic E-state index is 11.9. The summed E-state index contributed by atoms with van der Waals surface area (Å²) in [6, 6.07) is 12.1. The Morgan fingerprint density at radius 3 is 2.52 bits per heavy atom. The first-order valence-electron chi connectivity index (χ1n) is 7.53. The van der Waals surface area contributed by atoms with Crippen LogP contribution < -0.4 is 16.2 Å². The van der Waals surface area contributed by atoms with Crippen molar-refractivity contribution < 1.29 is 4.42 Å². The highest BCUT2D eigenvalue weighted by atomic mass is 16.4. The summed E-state index contributed by atoms with van der Waals surface area (Å²) < 4.78 is 7.17. The quantitative estimate of drug-likeness (QED) is 0.729. The van der Waals surface area contributed by atoms with Gasteiger partial charge in [-0.3, -0.25) is 4.40 Å². The lowest BCUT2D eigenvalue weighted by Gasteiger charge is -2.02. The number of rotatable bonds is 2. The SMILES string of the molecule is C=c1c(=O)oc2ccc(C)n2c1=CC=C(C)c1ccc(C)cc1. The van der Waals surface area contributed by atoms with E-state index < -0.39 is 5.63 Å². The van der Waals surface area contributed by atoms with Gasteiger partial charge in [-0.15, -0.1) is 0 Å². The second kappa shape index (κ2) is 5.76. The van der Waals surface area contributed by atoms with Crippen molar-refractivity contribution in [3.63, 3.8) is 0 Å². The van der Waals surface area contributed by atoms with Crippen LogP contribution in [-0.4, -0.2) is 4.40 Å². The van der Waals surface area contributed by atoms with E-state index in [4.69, 9.17) is 4.42 Å². The van der Waals surface area contributed by atoms with Crippen LogP contribution in [0.1, 0.15) is 23.7 Å². The Morgan fingerprint density at radius 1 is 1.13 bits per heavy atom. The minimum absolute atomic E-state index is 0.366. The molecule has 0 atom stereocenters. The van der Waals surface area contributed by atoms with Crippen LogP contribution in [0.3, 0.4) is 0 Å². The summed E-state index contributed by atoms with van der Waals surface area (Å²) in [6.07, 6.45) is 3.93. The molecule has 0 saturated carbocycles. The monoisotopic (exact) mass is 305 g/mol. The van der Waals surface area contributed by atoms with Crippen molar-refractivity contribution >= 4 is 23.9 Å². The van der Waals surface area contributed by atoms with Crippen LogP contribution >= 0.6 is 0 Å². The highest BCUT2D eigenvalue weighted by Gasteiger charge is 2.04. The normalized spacial score (nSPS) is 13.0. The molecule has 3 aromatic rings. The molecule has 0 aliphatic carbocycles. The molecule has 0 unspecified atom stereocenters. The Balaban J connectivity index is 2.21. The molecule has 0 aliphatic heterocycles. The predicted molar refractivity (Wildman–Crippen MR) is 94.7 cm³/mol. The topological polar surface area (TPSA) is 34.6 Å². The maximum Gasteiger partial charge on any atom is 0.346 e. The van der Waals surface area contributed by atoms with Crippen LogP contribution in [0.2, 0.25) is 0 Å². The van der Waals surface area contributed by atoms with Gasteiger partial charge in [-0.1, -0.05) is 42.5 Å². The van der Waals surface area contributed by atoms with E-state index in [1.165, 1.54) is 5.56 Å². The molecule has 3 rings (SSSR count). The second-order valence-electron chi connectivity index (χ2n) is 5.78. The van der Waals surface area contributed by atoms with E-state index in [9.17, 15) is 4.79 Å². The number of aryl methyl sites for hydroxylation is 2. The smallest absolute Gasteiger partial charge is 0.346 e. The highest BCUT2D eigenvalue weighted by molar-refractivity contribution is 5.69. The van der Waals surface area contributed by atoms with Gasteiger partial charge >= 0.3 is 5.63 Å². The Labute approximate surface area is 134 Å². The minimum Gasteiger partial charge on any atom is -0.405 e. The van der Waals surface area contributed by atoms with Crippen molar-refractivity contribution in [1.82, 2.24) is 4.40 Å². The lowest BCUT2D eigenvalue weighted by molar-refractivity contribution is 0.525. The zero-order valence-electron chi connectivity index (χ0n) is 13.6. The Bertz CT molecular complexity index is 1060. The third kappa shape index (κ3) is 2.78. The van der Waals surface area contributed by atoms with Gasteiger partial charge in [0.25, 0.3) is 0 Å². The molecule has 0 amide bonds. The Morgan fingerprint density at radius 2 is 1.83 bits per heavy atom.